The van der Waals surface area contributed by atoms with Crippen LogP contribution in [0.5, 0.6) is 0 Å². The first-order valence-electron chi connectivity index (χ1n) is 6.89. The molecule has 3 aromatic heterocycles. The second-order valence-electron chi connectivity index (χ2n) is 4.93. The Bertz CT molecular complexity index is 884. The summed E-state index contributed by atoms with van der Waals surface area (Å²) in [6.07, 6.45) is 5.44. The van der Waals surface area contributed by atoms with Crippen LogP contribution in [0.1, 0.15) is 5.56 Å². The van der Waals surface area contributed by atoms with Crippen molar-refractivity contribution >= 4 is 28.2 Å². The lowest BCUT2D eigenvalue weighted by atomic mass is 10.1. The third-order valence-electron chi connectivity index (χ3n) is 3.43. The first-order valence-corrected chi connectivity index (χ1v) is 7.84. The van der Waals surface area contributed by atoms with Crippen LogP contribution in [-0.2, 0) is 6.54 Å². The number of anilines is 1. The molecule has 0 aliphatic carbocycles. The Balaban J connectivity index is 1.60. The number of nitrogens with one attached hydrogen (secondary N) is 2. The maximum Gasteiger partial charge on any atom is 0.145 e. The maximum absolute atomic E-state index is 4.60. The van der Waals surface area contributed by atoms with Crippen LogP contribution >= 0.6 is 11.3 Å². The standard InChI is InChI=1S/C16H13N5S/c1-2-14-15(5-12(1)13-7-19-20-8-13)17-9-16(21-14)18-6-11-3-4-22-10-11/h1-5,7-10H,6H2,(H,18,21)(H,19,20). The van der Waals surface area contributed by atoms with Gasteiger partial charge < -0.3 is 5.32 Å². The largest absolute Gasteiger partial charge is 0.365 e. The number of aromatic amines is 1. The summed E-state index contributed by atoms with van der Waals surface area (Å²) >= 11 is 1.69. The van der Waals surface area contributed by atoms with Gasteiger partial charge >= 0.3 is 0 Å². The van der Waals surface area contributed by atoms with E-state index in [4.69, 9.17) is 0 Å². The molecule has 4 aromatic rings. The normalized spacial score (nSPS) is 10.9. The van der Waals surface area contributed by atoms with Crippen LogP contribution in [0.15, 0.2) is 53.6 Å². The molecule has 2 N–H and O–H groups in total. The molecule has 0 radical (unpaired) electrons. The van der Waals surface area contributed by atoms with Crippen molar-refractivity contribution in [1.29, 1.82) is 0 Å². The van der Waals surface area contributed by atoms with Gasteiger partial charge in [0.2, 0.25) is 0 Å². The highest BCUT2D eigenvalue weighted by Crippen LogP contribution is 2.22. The van der Waals surface area contributed by atoms with Crippen LogP contribution in [-0.4, -0.2) is 20.2 Å². The Hall–Kier alpha value is -2.73. The van der Waals surface area contributed by atoms with E-state index in [0.29, 0.717) is 0 Å². The minimum atomic E-state index is 0.761. The Morgan fingerprint density at radius 2 is 2.09 bits per heavy atom. The minimum absolute atomic E-state index is 0.761. The van der Waals surface area contributed by atoms with Crippen molar-refractivity contribution in [3.8, 4) is 11.1 Å². The number of thiophene rings is 1. The van der Waals surface area contributed by atoms with E-state index in [9.17, 15) is 0 Å². The second kappa shape index (κ2) is 5.57. The summed E-state index contributed by atoms with van der Waals surface area (Å²) in [7, 11) is 0. The number of rotatable bonds is 4. The molecule has 0 saturated heterocycles. The molecule has 0 spiro atoms. The predicted octanol–water partition coefficient (Wildman–Crippen LogP) is 3.69. The van der Waals surface area contributed by atoms with Gasteiger partial charge in [-0.3, -0.25) is 10.1 Å². The molecule has 0 aliphatic heterocycles. The van der Waals surface area contributed by atoms with Crippen molar-refractivity contribution in [2.75, 3.05) is 5.32 Å². The number of hydrogen-bond acceptors (Lipinski definition) is 5. The van der Waals surface area contributed by atoms with Crippen molar-refractivity contribution < 1.29 is 0 Å². The maximum atomic E-state index is 4.60. The second-order valence-corrected chi connectivity index (χ2v) is 5.71. The SMILES string of the molecule is c1cc(CNc2cnc3cc(-c4cn[nH]c4)ccc3n2)cs1. The highest BCUT2D eigenvalue weighted by molar-refractivity contribution is 7.07. The van der Waals surface area contributed by atoms with Gasteiger partial charge in [0.05, 0.1) is 23.4 Å². The monoisotopic (exact) mass is 307 g/mol. The molecule has 3 heterocycles. The van der Waals surface area contributed by atoms with Gasteiger partial charge in [0.1, 0.15) is 5.82 Å². The van der Waals surface area contributed by atoms with Crippen LogP contribution < -0.4 is 5.32 Å². The van der Waals surface area contributed by atoms with Crippen LogP contribution in [0.3, 0.4) is 0 Å². The molecule has 0 saturated carbocycles. The zero-order valence-corrected chi connectivity index (χ0v) is 12.5. The van der Waals surface area contributed by atoms with E-state index in [1.54, 1.807) is 23.7 Å². The molecule has 0 bridgehead atoms. The lowest BCUT2D eigenvalue weighted by Crippen LogP contribution is -2.01. The zero-order valence-electron chi connectivity index (χ0n) is 11.7. The minimum Gasteiger partial charge on any atom is -0.365 e. The summed E-state index contributed by atoms with van der Waals surface area (Å²) in [5.41, 5.74) is 5.13. The third-order valence-corrected chi connectivity index (χ3v) is 4.16. The fourth-order valence-electron chi connectivity index (χ4n) is 2.27. The van der Waals surface area contributed by atoms with E-state index >= 15 is 0 Å². The van der Waals surface area contributed by atoms with E-state index in [2.05, 4.69) is 42.3 Å². The van der Waals surface area contributed by atoms with Crippen LogP contribution in [0, 0.1) is 0 Å². The number of aromatic nitrogens is 4. The lowest BCUT2D eigenvalue weighted by Gasteiger charge is -2.06. The average molecular weight is 307 g/mol. The van der Waals surface area contributed by atoms with Crippen LogP contribution in [0.25, 0.3) is 22.2 Å². The molecule has 0 unspecified atom stereocenters. The van der Waals surface area contributed by atoms with E-state index in [1.807, 2.05) is 24.4 Å². The Morgan fingerprint density at radius 1 is 1.09 bits per heavy atom. The van der Waals surface area contributed by atoms with Crippen molar-refractivity contribution in [2.45, 2.75) is 6.54 Å². The highest BCUT2D eigenvalue weighted by Gasteiger charge is 2.04. The van der Waals surface area contributed by atoms with Gasteiger partial charge in [-0.05, 0) is 40.1 Å². The summed E-state index contributed by atoms with van der Waals surface area (Å²) < 4.78 is 0. The molecule has 5 nitrogen and oxygen atoms in total. The van der Waals surface area contributed by atoms with Gasteiger partial charge in [0.25, 0.3) is 0 Å². The van der Waals surface area contributed by atoms with Crippen molar-refractivity contribution in [1.82, 2.24) is 20.2 Å². The van der Waals surface area contributed by atoms with E-state index in [1.165, 1.54) is 5.56 Å². The number of fused-ring (bicyclic) bond motifs is 1. The summed E-state index contributed by atoms with van der Waals surface area (Å²) in [6.45, 7) is 0.761. The number of benzene rings is 1. The van der Waals surface area contributed by atoms with Gasteiger partial charge in [-0.2, -0.15) is 16.4 Å². The molecular formula is C16H13N5S. The van der Waals surface area contributed by atoms with Gasteiger partial charge in [0.15, 0.2) is 0 Å². The highest BCUT2D eigenvalue weighted by atomic mass is 32.1. The Labute approximate surface area is 131 Å². The van der Waals surface area contributed by atoms with Crippen molar-refractivity contribution in [2.24, 2.45) is 0 Å². The van der Waals surface area contributed by atoms with Crippen molar-refractivity contribution in [3.05, 3.63) is 59.2 Å². The molecular weight excluding hydrogens is 294 g/mol. The summed E-state index contributed by atoms with van der Waals surface area (Å²) in [5.74, 6) is 0.787. The van der Waals surface area contributed by atoms with Crippen LogP contribution in [0.4, 0.5) is 5.82 Å². The molecule has 6 heteroatoms. The molecule has 0 amide bonds. The van der Waals surface area contributed by atoms with Crippen molar-refractivity contribution in [3.63, 3.8) is 0 Å². The van der Waals surface area contributed by atoms with E-state index in [-0.39, 0.29) is 0 Å². The molecule has 0 atom stereocenters. The van der Waals surface area contributed by atoms with E-state index < -0.39 is 0 Å². The van der Waals surface area contributed by atoms with Gasteiger partial charge in [-0.25, -0.2) is 4.98 Å². The topological polar surface area (TPSA) is 66.5 Å². The molecule has 1 aromatic carbocycles. The number of hydrogen-bond donors (Lipinski definition) is 2. The fourth-order valence-corrected chi connectivity index (χ4v) is 2.94. The predicted molar refractivity (Wildman–Crippen MR) is 88.8 cm³/mol. The quantitative estimate of drug-likeness (QED) is 0.603. The Kier molecular flexibility index (Phi) is 3.29. The van der Waals surface area contributed by atoms with Gasteiger partial charge in [0, 0.05) is 18.3 Å². The molecule has 108 valence electrons. The number of H-pyrrole nitrogens is 1. The van der Waals surface area contributed by atoms with Gasteiger partial charge in [-0.1, -0.05) is 6.07 Å². The molecule has 0 fully saturated rings. The zero-order chi connectivity index (χ0) is 14.8. The first kappa shape index (κ1) is 13.0. The molecule has 22 heavy (non-hydrogen) atoms. The third kappa shape index (κ3) is 2.56. The molecule has 4 rings (SSSR count). The lowest BCUT2D eigenvalue weighted by molar-refractivity contribution is 1.09. The smallest absolute Gasteiger partial charge is 0.145 e. The fraction of sp³-hybridized carbons (Fsp3) is 0.0625. The number of nitrogens with zero attached hydrogens (tertiary/aromatic N) is 3. The summed E-state index contributed by atoms with van der Waals surface area (Å²) in [5, 5.41) is 14.3. The average Bonchev–Trinajstić information content (AvgIpc) is 3.25. The van der Waals surface area contributed by atoms with E-state index in [0.717, 1.165) is 34.5 Å². The first-order chi connectivity index (χ1) is 10.9. The summed E-state index contributed by atoms with van der Waals surface area (Å²) in [6, 6.07) is 8.14. The summed E-state index contributed by atoms with van der Waals surface area (Å²) in [4.78, 5) is 9.10. The Morgan fingerprint density at radius 3 is 2.91 bits per heavy atom. The molecule has 0 aliphatic rings. The van der Waals surface area contributed by atoms with Crippen LogP contribution in [0.2, 0.25) is 0 Å². The van der Waals surface area contributed by atoms with Gasteiger partial charge in [-0.15, -0.1) is 0 Å².